The van der Waals surface area contributed by atoms with Crippen LogP contribution in [0.25, 0.3) is 0 Å². The van der Waals surface area contributed by atoms with E-state index < -0.39 is 11.7 Å². The lowest BCUT2D eigenvalue weighted by Gasteiger charge is -2.48. The summed E-state index contributed by atoms with van der Waals surface area (Å²) in [7, 11) is 0. The number of aromatic amines is 1. The number of aromatic nitrogens is 1. The van der Waals surface area contributed by atoms with Gasteiger partial charge >= 0.3 is 0 Å². The summed E-state index contributed by atoms with van der Waals surface area (Å²) >= 11 is 0. The second kappa shape index (κ2) is 8.13. The van der Waals surface area contributed by atoms with Gasteiger partial charge in [0.1, 0.15) is 0 Å². The number of amides is 1. The summed E-state index contributed by atoms with van der Waals surface area (Å²) < 4.78 is 6.52. The van der Waals surface area contributed by atoms with Gasteiger partial charge in [0.2, 0.25) is 5.56 Å². The molecular formula is C23H28N2O4. The number of pyridine rings is 1. The van der Waals surface area contributed by atoms with E-state index in [-0.39, 0.29) is 17.6 Å². The van der Waals surface area contributed by atoms with Crippen LogP contribution in [0, 0.1) is 0 Å². The van der Waals surface area contributed by atoms with E-state index in [0.29, 0.717) is 56.5 Å². The molecule has 2 aromatic rings. The van der Waals surface area contributed by atoms with Crippen LogP contribution in [0.1, 0.15) is 60.3 Å². The lowest BCUT2D eigenvalue weighted by Crippen LogP contribution is -2.52. The summed E-state index contributed by atoms with van der Waals surface area (Å²) in [5, 5.41) is 10.5. The molecule has 2 saturated heterocycles. The number of hydrogen-bond acceptors (Lipinski definition) is 4. The summed E-state index contributed by atoms with van der Waals surface area (Å²) in [5.41, 5.74) is 1.75. The molecule has 6 heteroatoms. The van der Waals surface area contributed by atoms with Crippen molar-refractivity contribution in [3.05, 3.63) is 69.6 Å². The molecule has 0 radical (unpaired) electrons. The van der Waals surface area contributed by atoms with Gasteiger partial charge in [-0.25, -0.2) is 0 Å². The standard InChI is InChI=1S/C23H28N2O4/c1-2-19-18(8-9-21(27)24-19)22(28)25-12-10-23(11-13-25)15-17(26)14-20(29-23)16-6-4-3-5-7-16/h3-9,17,20,26H,2,10-15H2,1H3,(H,24,27)/t17-,20-/m1/s1. The van der Waals surface area contributed by atoms with E-state index in [1.165, 1.54) is 6.07 Å². The fraction of sp³-hybridized carbons (Fsp3) is 0.478. The van der Waals surface area contributed by atoms with Crippen LogP contribution < -0.4 is 5.56 Å². The van der Waals surface area contributed by atoms with Gasteiger partial charge in [-0.15, -0.1) is 0 Å². The zero-order valence-electron chi connectivity index (χ0n) is 16.8. The first kappa shape index (κ1) is 19.9. The Morgan fingerprint density at radius 2 is 1.93 bits per heavy atom. The first-order valence-electron chi connectivity index (χ1n) is 10.4. The SMILES string of the molecule is CCc1[nH]c(=O)ccc1C(=O)N1CCC2(CC1)C[C@H](O)C[C@H](c1ccccc1)O2. The number of carbonyl (C=O) groups is 1. The fourth-order valence-electron chi connectivity index (χ4n) is 4.64. The molecule has 2 aliphatic heterocycles. The Labute approximate surface area is 170 Å². The number of carbonyl (C=O) groups excluding carboxylic acids is 1. The quantitative estimate of drug-likeness (QED) is 0.836. The van der Waals surface area contributed by atoms with Crippen LogP contribution in [0.3, 0.4) is 0 Å². The molecule has 6 nitrogen and oxygen atoms in total. The van der Waals surface area contributed by atoms with Crippen molar-refractivity contribution in [1.82, 2.24) is 9.88 Å². The molecule has 3 heterocycles. The maximum Gasteiger partial charge on any atom is 0.255 e. The summed E-state index contributed by atoms with van der Waals surface area (Å²) in [5.74, 6) is -0.0519. The Hall–Kier alpha value is -2.44. The third-order valence-corrected chi connectivity index (χ3v) is 6.20. The second-order valence-electron chi connectivity index (χ2n) is 8.15. The minimum atomic E-state index is -0.401. The molecule has 1 aromatic heterocycles. The Kier molecular flexibility index (Phi) is 5.56. The predicted octanol–water partition coefficient (Wildman–Crippen LogP) is 2.82. The Morgan fingerprint density at radius 3 is 2.62 bits per heavy atom. The summed E-state index contributed by atoms with van der Waals surface area (Å²) in [6.45, 7) is 3.08. The molecule has 154 valence electrons. The molecule has 2 fully saturated rings. The third kappa shape index (κ3) is 4.14. The molecule has 2 atom stereocenters. The third-order valence-electron chi connectivity index (χ3n) is 6.20. The van der Waals surface area contributed by atoms with E-state index in [9.17, 15) is 14.7 Å². The van der Waals surface area contributed by atoms with Gasteiger partial charge in [-0.3, -0.25) is 9.59 Å². The highest BCUT2D eigenvalue weighted by atomic mass is 16.5. The highest BCUT2D eigenvalue weighted by Crippen LogP contribution is 2.43. The number of hydrogen-bond donors (Lipinski definition) is 2. The summed E-state index contributed by atoms with van der Waals surface area (Å²) in [6.07, 6.45) is 2.69. The van der Waals surface area contributed by atoms with Crippen LogP contribution >= 0.6 is 0 Å². The average Bonchev–Trinajstić information content (AvgIpc) is 2.74. The van der Waals surface area contributed by atoms with E-state index in [2.05, 4.69) is 4.98 Å². The van der Waals surface area contributed by atoms with Crippen molar-refractivity contribution in [3.8, 4) is 0 Å². The van der Waals surface area contributed by atoms with Gasteiger partial charge in [0.05, 0.1) is 23.4 Å². The smallest absolute Gasteiger partial charge is 0.255 e. The molecule has 4 rings (SSSR count). The van der Waals surface area contributed by atoms with Gasteiger partial charge in [-0.1, -0.05) is 37.3 Å². The van der Waals surface area contributed by atoms with Crippen molar-refractivity contribution < 1.29 is 14.6 Å². The summed E-state index contributed by atoms with van der Waals surface area (Å²) in [6, 6.07) is 13.1. The molecule has 0 unspecified atom stereocenters. The van der Waals surface area contributed by atoms with Crippen LogP contribution in [0.15, 0.2) is 47.3 Å². The number of nitrogens with zero attached hydrogens (tertiary/aromatic N) is 1. The Bertz CT molecular complexity index is 916. The van der Waals surface area contributed by atoms with Gasteiger partial charge < -0.3 is 19.7 Å². The van der Waals surface area contributed by atoms with E-state index in [1.807, 2.05) is 42.2 Å². The first-order valence-corrected chi connectivity index (χ1v) is 10.4. The molecule has 0 aliphatic carbocycles. The van der Waals surface area contributed by atoms with Gasteiger partial charge in [0, 0.05) is 37.7 Å². The average molecular weight is 396 g/mol. The van der Waals surface area contributed by atoms with Crippen molar-refractivity contribution in [2.45, 2.75) is 56.8 Å². The molecule has 2 aliphatic rings. The van der Waals surface area contributed by atoms with Crippen LogP contribution in [-0.2, 0) is 11.2 Å². The minimum Gasteiger partial charge on any atom is -0.393 e. The molecule has 1 amide bonds. The zero-order valence-corrected chi connectivity index (χ0v) is 16.8. The number of likely N-dealkylation sites (tertiary alicyclic amines) is 1. The number of aryl methyl sites for hydroxylation is 1. The lowest BCUT2D eigenvalue weighted by molar-refractivity contribution is -0.181. The number of ether oxygens (including phenoxy) is 1. The molecule has 1 aromatic carbocycles. The lowest BCUT2D eigenvalue weighted by atomic mass is 9.80. The van der Waals surface area contributed by atoms with Crippen molar-refractivity contribution in [3.63, 3.8) is 0 Å². The normalized spacial score (nSPS) is 23.9. The predicted molar refractivity (Wildman–Crippen MR) is 110 cm³/mol. The first-order chi connectivity index (χ1) is 14.0. The summed E-state index contributed by atoms with van der Waals surface area (Å²) in [4.78, 5) is 29.2. The number of H-pyrrole nitrogens is 1. The Balaban J connectivity index is 1.47. The number of aliphatic hydroxyl groups excluding tert-OH is 1. The minimum absolute atomic E-state index is 0.0519. The maximum atomic E-state index is 13.0. The highest BCUT2D eigenvalue weighted by Gasteiger charge is 2.44. The number of nitrogens with one attached hydrogen (secondary N) is 1. The largest absolute Gasteiger partial charge is 0.393 e. The van der Waals surface area contributed by atoms with E-state index in [4.69, 9.17) is 4.74 Å². The molecule has 0 bridgehead atoms. The number of benzene rings is 1. The number of rotatable bonds is 3. The highest BCUT2D eigenvalue weighted by molar-refractivity contribution is 5.95. The fourth-order valence-corrected chi connectivity index (χ4v) is 4.64. The van der Waals surface area contributed by atoms with Crippen molar-refractivity contribution in [2.75, 3.05) is 13.1 Å². The topological polar surface area (TPSA) is 82.6 Å². The van der Waals surface area contributed by atoms with Crippen LogP contribution in [0.2, 0.25) is 0 Å². The van der Waals surface area contributed by atoms with Crippen LogP contribution in [-0.4, -0.2) is 45.7 Å². The van der Waals surface area contributed by atoms with Gasteiger partial charge in [-0.2, -0.15) is 0 Å². The molecular weight excluding hydrogens is 368 g/mol. The van der Waals surface area contributed by atoms with Crippen molar-refractivity contribution in [1.29, 1.82) is 0 Å². The Morgan fingerprint density at radius 1 is 1.21 bits per heavy atom. The molecule has 1 spiro atoms. The van der Waals surface area contributed by atoms with Gasteiger partial charge in [0.15, 0.2) is 0 Å². The number of aliphatic hydroxyl groups is 1. The van der Waals surface area contributed by atoms with Crippen molar-refractivity contribution >= 4 is 5.91 Å². The number of piperidine rings is 1. The zero-order chi connectivity index (χ0) is 20.4. The van der Waals surface area contributed by atoms with E-state index >= 15 is 0 Å². The van der Waals surface area contributed by atoms with Crippen LogP contribution in [0.5, 0.6) is 0 Å². The van der Waals surface area contributed by atoms with E-state index in [0.717, 1.165) is 5.56 Å². The maximum absolute atomic E-state index is 13.0. The second-order valence-corrected chi connectivity index (χ2v) is 8.15. The molecule has 29 heavy (non-hydrogen) atoms. The molecule has 2 N–H and O–H groups in total. The monoisotopic (exact) mass is 396 g/mol. The van der Waals surface area contributed by atoms with Gasteiger partial charge in [-0.05, 0) is 30.9 Å². The molecule has 0 saturated carbocycles. The van der Waals surface area contributed by atoms with E-state index in [1.54, 1.807) is 6.07 Å². The van der Waals surface area contributed by atoms with Crippen molar-refractivity contribution in [2.24, 2.45) is 0 Å². The van der Waals surface area contributed by atoms with Gasteiger partial charge in [0.25, 0.3) is 5.91 Å². The van der Waals surface area contributed by atoms with Crippen LogP contribution in [0.4, 0.5) is 0 Å².